The fraction of sp³-hybridized carbons (Fsp3) is 0.333. The highest BCUT2D eigenvalue weighted by molar-refractivity contribution is 9.09. The molecule has 0 radical (unpaired) electrons. The number of aromatic nitrogens is 1. The van der Waals surface area contributed by atoms with Gasteiger partial charge in [-0.3, -0.25) is 9.78 Å². The quantitative estimate of drug-likeness (QED) is 0.825. The summed E-state index contributed by atoms with van der Waals surface area (Å²) < 4.78 is 5.13. The highest BCUT2D eigenvalue weighted by Crippen LogP contribution is 2.16. The number of pyridine rings is 1. The predicted molar refractivity (Wildman–Crippen MR) is 83.3 cm³/mol. The van der Waals surface area contributed by atoms with Crippen molar-refractivity contribution in [3.63, 3.8) is 0 Å². The molecule has 1 unspecified atom stereocenters. The molecule has 0 bridgehead atoms. The molecule has 1 N–H and O–H groups in total. The molecule has 0 spiro atoms. The van der Waals surface area contributed by atoms with E-state index in [9.17, 15) is 4.79 Å². The molecule has 2 aromatic rings. The molecular formula is C15H17BrN2O2. The lowest BCUT2D eigenvalue weighted by molar-refractivity contribution is 0.0897. The number of methoxy groups -OCH3 is 1. The van der Waals surface area contributed by atoms with Crippen LogP contribution in [0, 0.1) is 0 Å². The van der Waals surface area contributed by atoms with Crippen molar-refractivity contribution in [1.82, 2.24) is 10.3 Å². The summed E-state index contributed by atoms with van der Waals surface area (Å²) >= 11 is 3.39. The van der Waals surface area contributed by atoms with E-state index in [2.05, 4.69) is 26.2 Å². The van der Waals surface area contributed by atoms with Gasteiger partial charge in [0, 0.05) is 24.0 Å². The Kier molecular flexibility index (Phi) is 5.49. The number of rotatable bonds is 6. The Bertz CT molecular complexity index is 578. The van der Waals surface area contributed by atoms with Gasteiger partial charge in [-0.15, -0.1) is 0 Å². The third-order valence-electron chi connectivity index (χ3n) is 3.05. The lowest BCUT2D eigenvalue weighted by Crippen LogP contribution is -2.38. The molecule has 0 saturated heterocycles. The maximum atomic E-state index is 12.4. The number of carbonyl (C=O) groups excluding carboxylic acids is 1. The van der Waals surface area contributed by atoms with E-state index in [1.807, 2.05) is 24.3 Å². The Balaban J connectivity index is 2.22. The molecule has 0 fully saturated rings. The first-order valence-electron chi connectivity index (χ1n) is 6.45. The van der Waals surface area contributed by atoms with E-state index in [0.29, 0.717) is 12.2 Å². The number of amides is 1. The van der Waals surface area contributed by atoms with Gasteiger partial charge in [-0.25, -0.2) is 0 Å². The molecular weight excluding hydrogens is 320 g/mol. The highest BCUT2D eigenvalue weighted by atomic mass is 79.9. The van der Waals surface area contributed by atoms with Crippen molar-refractivity contribution in [1.29, 1.82) is 0 Å². The Morgan fingerprint density at radius 1 is 1.40 bits per heavy atom. The molecule has 0 saturated carbocycles. The summed E-state index contributed by atoms with van der Waals surface area (Å²) in [5.74, 6) is -0.0911. The predicted octanol–water partition coefficient (Wildman–Crippen LogP) is 2.76. The van der Waals surface area contributed by atoms with Crippen molar-refractivity contribution in [2.24, 2.45) is 0 Å². The number of halogens is 1. The fourth-order valence-corrected chi connectivity index (χ4v) is 2.64. The Morgan fingerprint density at radius 3 is 2.95 bits per heavy atom. The minimum absolute atomic E-state index is 0.00111. The van der Waals surface area contributed by atoms with E-state index >= 15 is 0 Å². The normalized spacial score (nSPS) is 12.3. The van der Waals surface area contributed by atoms with Crippen LogP contribution in [0.3, 0.4) is 0 Å². The second-order valence-electron chi connectivity index (χ2n) is 4.48. The molecule has 0 aliphatic carbocycles. The van der Waals surface area contributed by atoms with Gasteiger partial charge in [-0.05, 0) is 18.6 Å². The summed E-state index contributed by atoms with van der Waals surface area (Å²) in [7, 11) is 1.63. The van der Waals surface area contributed by atoms with Gasteiger partial charge in [0.1, 0.15) is 0 Å². The van der Waals surface area contributed by atoms with Gasteiger partial charge >= 0.3 is 0 Å². The van der Waals surface area contributed by atoms with Gasteiger partial charge in [-0.1, -0.05) is 34.1 Å². The van der Waals surface area contributed by atoms with Crippen LogP contribution >= 0.6 is 15.9 Å². The highest BCUT2D eigenvalue weighted by Gasteiger charge is 2.15. The topological polar surface area (TPSA) is 51.2 Å². The smallest absolute Gasteiger partial charge is 0.252 e. The van der Waals surface area contributed by atoms with Crippen LogP contribution < -0.4 is 5.32 Å². The summed E-state index contributed by atoms with van der Waals surface area (Å²) in [4.78, 5) is 16.7. The zero-order valence-corrected chi connectivity index (χ0v) is 12.9. The van der Waals surface area contributed by atoms with Crippen molar-refractivity contribution in [2.45, 2.75) is 12.5 Å². The fourth-order valence-electron chi connectivity index (χ4n) is 2.09. The second kappa shape index (κ2) is 7.36. The number of alkyl halides is 1. The van der Waals surface area contributed by atoms with Crippen LogP contribution in [0.2, 0.25) is 0 Å². The molecule has 1 heterocycles. The number of nitrogens with one attached hydrogen (secondary N) is 1. The second-order valence-corrected chi connectivity index (χ2v) is 5.27. The first-order valence-corrected chi connectivity index (χ1v) is 7.58. The third-order valence-corrected chi connectivity index (χ3v) is 3.51. The lowest BCUT2D eigenvalue weighted by Gasteiger charge is -2.17. The monoisotopic (exact) mass is 336 g/mol. The minimum atomic E-state index is -0.0911. The van der Waals surface area contributed by atoms with Crippen LogP contribution in [0.4, 0.5) is 0 Å². The van der Waals surface area contributed by atoms with Crippen molar-refractivity contribution in [3.05, 3.63) is 42.1 Å². The Labute approximate surface area is 126 Å². The van der Waals surface area contributed by atoms with Crippen molar-refractivity contribution < 1.29 is 9.53 Å². The molecule has 4 nitrogen and oxygen atoms in total. The first kappa shape index (κ1) is 14.9. The standard InChI is InChI=1S/C15H17BrN2O2/c1-20-10-11(6-8-16)18-15(19)13-7-9-17-14-5-3-2-4-12(13)14/h2-5,7,9,11H,6,8,10H2,1H3,(H,18,19). The van der Waals surface area contributed by atoms with Crippen LogP contribution in [-0.4, -0.2) is 36.0 Å². The van der Waals surface area contributed by atoms with Crippen LogP contribution in [0.5, 0.6) is 0 Å². The zero-order valence-electron chi connectivity index (χ0n) is 11.3. The number of nitrogens with zero attached hydrogens (tertiary/aromatic N) is 1. The summed E-state index contributed by atoms with van der Waals surface area (Å²) in [6.07, 6.45) is 2.48. The first-order chi connectivity index (χ1) is 9.76. The number of fused-ring (bicyclic) bond motifs is 1. The number of ether oxygens (including phenoxy) is 1. The number of hydrogen-bond donors (Lipinski definition) is 1. The van der Waals surface area contributed by atoms with Crippen LogP contribution in [0.1, 0.15) is 16.8 Å². The van der Waals surface area contributed by atoms with Crippen molar-refractivity contribution in [3.8, 4) is 0 Å². The van der Waals surface area contributed by atoms with E-state index in [0.717, 1.165) is 22.7 Å². The molecule has 1 atom stereocenters. The van der Waals surface area contributed by atoms with Gasteiger partial charge in [0.15, 0.2) is 0 Å². The summed E-state index contributed by atoms with van der Waals surface area (Å²) in [5, 5.41) is 4.69. The minimum Gasteiger partial charge on any atom is -0.383 e. The number of benzene rings is 1. The van der Waals surface area contributed by atoms with Crippen LogP contribution in [-0.2, 0) is 4.74 Å². The van der Waals surface area contributed by atoms with Crippen LogP contribution in [0.25, 0.3) is 10.9 Å². The van der Waals surface area contributed by atoms with Crippen molar-refractivity contribution in [2.75, 3.05) is 19.0 Å². The van der Waals surface area contributed by atoms with Gasteiger partial charge in [0.2, 0.25) is 0 Å². The lowest BCUT2D eigenvalue weighted by atomic mass is 10.1. The van der Waals surface area contributed by atoms with Gasteiger partial charge in [0.25, 0.3) is 5.91 Å². The molecule has 0 aliphatic rings. The maximum absolute atomic E-state index is 12.4. The summed E-state index contributed by atoms with van der Waals surface area (Å²) in [6, 6.07) is 9.38. The molecule has 106 valence electrons. The van der Waals surface area contributed by atoms with E-state index in [1.54, 1.807) is 19.4 Å². The number of hydrogen-bond acceptors (Lipinski definition) is 3. The Morgan fingerprint density at radius 2 is 2.20 bits per heavy atom. The average Bonchev–Trinajstić information content (AvgIpc) is 2.47. The summed E-state index contributed by atoms with van der Waals surface area (Å²) in [5.41, 5.74) is 1.47. The molecule has 20 heavy (non-hydrogen) atoms. The SMILES string of the molecule is COCC(CCBr)NC(=O)c1ccnc2ccccc12. The van der Waals surface area contributed by atoms with E-state index < -0.39 is 0 Å². The van der Waals surface area contributed by atoms with E-state index in [-0.39, 0.29) is 11.9 Å². The van der Waals surface area contributed by atoms with Gasteiger partial charge in [0.05, 0.1) is 23.7 Å². The molecule has 1 amide bonds. The van der Waals surface area contributed by atoms with Gasteiger partial charge in [-0.2, -0.15) is 0 Å². The van der Waals surface area contributed by atoms with Crippen molar-refractivity contribution >= 4 is 32.7 Å². The molecule has 5 heteroatoms. The Hall–Kier alpha value is -1.46. The van der Waals surface area contributed by atoms with E-state index in [1.165, 1.54) is 0 Å². The largest absolute Gasteiger partial charge is 0.383 e. The average molecular weight is 337 g/mol. The summed E-state index contributed by atoms with van der Waals surface area (Å²) in [6.45, 7) is 0.500. The van der Waals surface area contributed by atoms with Crippen LogP contribution in [0.15, 0.2) is 36.5 Å². The molecule has 1 aromatic heterocycles. The maximum Gasteiger partial charge on any atom is 0.252 e. The van der Waals surface area contributed by atoms with Gasteiger partial charge < -0.3 is 10.1 Å². The molecule has 1 aromatic carbocycles. The molecule has 2 rings (SSSR count). The number of carbonyl (C=O) groups is 1. The van der Waals surface area contributed by atoms with E-state index in [4.69, 9.17) is 4.74 Å². The molecule has 0 aliphatic heterocycles. The zero-order chi connectivity index (χ0) is 14.4. The number of para-hydroxylation sites is 1. The third kappa shape index (κ3) is 3.55.